The number of esters is 1. The molecule has 6 aliphatic rings. The largest absolute Gasteiger partial charge is 0.458 e. The highest BCUT2D eigenvalue weighted by Crippen LogP contribution is 2.76. The number of Topliss-reactive ketones (excluding diaryl/α,β-unsaturated/α-hetero) is 1. The lowest BCUT2D eigenvalue weighted by Gasteiger charge is -2.55. The van der Waals surface area contributed by atoms with Gasteiger partial charge >= 0.3 is 5.97 Å². The molecule has 0 unspecified atom stereocenters. The first-order valence-electron chi connectivity index (χ1n) is 11.2. The summed E-state index contributed by atoms with van der Waals surface area (Å²) < 4.78 is 23.7. The Bertz CT molecular complexity index is 967. The fourth-order valence-corrected chi connectivity index (χ4v) is 8.13. The quantitative estimate of drug-likeness (QED) is 0.503. The molecule has 31 heavy (non-hydrogen) atoms. The molecule has 7 nitrogen and oxygen atoms in total. The maximum absolute atomic E-state index is 13.4. The molecule has 8 atom stereocenters. The summed E-state index contributed by atoms with van der Waals surface area (Å²) in [5.41, 5.74) is -1.05. The Balaban J connectivity index is 1.40. The second kappa shape index (κ2) is 5.94. The van der Waals surface area contributed by atoms with Crippen LogP contribution in [0.15, 0.2) is 23.8 Å². The van der Waals surface area contributed by atoms with Gasteiger partial charge in [-0.25, -0.2) is 0 Å². The molecule has 0 aromatic heterocycles. The molecule has 0 amide bonds. The summed E-state index contributed by atoms with van der Waals surface area (Å²) >= 11 is 0. The minimum atomic E-state index is -1.11. The molecule has 1 spiro atoms. The minimum absolute atomic E-state index is 0.00773. The Kier molecular flexibility index (Phi) is 3.80. The minimum Gasteiger partial charge on any atom is -0.458 e. The van der Waals surface area contributed by atoms with Gasteiger partial charge in [0.05, 0.1) is 12.2 Å². The topological polar surface area (TPSA) is 91.4 Å². The van der Waals surface area contributed by atoms with Crippen LogP contribution in [-0.4, -0.2) is 54.3 Å². The number of ketones is 2. The fourth-order valence-electron chi connectivity index (χ4n) is 8.13. The van der Waals surface area contributed by atoms with Crippen LogP contribution in [0.4, 0.5) is 0 Å². The molecule has 2 saturated heterocycles. The highest BCUT2D eigenvalue weighted by molar-refractivity contribution is 6.01. The second-order valence-electron chi connectivity index (χ2n) is 10.5. The van der Waals surface area contributed by atoms with Crippen LogP contribution in [0, 0.1) is 22.7 Å². The lowest BCUT2D eigenvalue weighted by molar-refractivity contribution is -0.170. The van der Waals surface area contributed by atoms with Crippen LogP contribution in [0.25, 0.3) is 0 Å². The highest BCUT2D eigenvalue weighted by atomic mass is 16.7. The van der Waals surface area contributed by atoms with Crippen molar-refractivity contribution in [2.75, 3.05) is 13.4 Å². The smallest absolute Gasteiger partial charge is 0.303 e. The van der Waals surface area contributed by atoms with Gasteiger partial charge in [0.2, 0.25) is 5.78 Å². The van der Waals surface area contributed by atoms with Crippen LogP contribution >= 0.6 is 0 Å². The molecule has 4 aliphatic carbocycles. The zero-order valence-corrected chi connectivity index (χ0v) is 18.1. The maximum atomic E-state index is 13.4. The Morgan fingerprint density at radius 3 is 2.81 bits per heavy atom. The van der Waals surface area contributed by atoms with E-state index >= 15 is 0 Å². The number of carbonyl (C=O) groups is 3. The van der Waals surface area contributed by atoms with Gasteiger partial charge in [0.15, 0.2) is 18.0 Å². The first-order valence-corrected chi connectivity index (χ1v) is 11.2. The number of carbonyl (C=O) groups excluding carboxylic acids is 3. The van der Waals surface area contributed by atoms with Crippen LogP contribution in [0.1, 0.15) is 46.5 Å². The average Bonchev–Trinajstić information content (AvgIpc) is 3.17. The zero-order chi connectivity index (χ0) is 21.8. The van der Waals surface area contributed by atoms with Crippen LogP contribution < -0.4 is 0 Å². The van der Waals surface area contributed by atoms with E-state index in [0.29, 0.717) is 6.42 Å². The molecule has 5 fully saturated rings. The number of hydrogen-bond acceptors (Lipinski definition) is 7. The summed E-state index contributed by atoms with van der Waals surface area (Å²) in [6.45, 7) is 5.42. The monoisotopic (exact) mass is 428 g/mol. The van der Waals surface area contributed by atoms with Crippen molar-refractivity contribution >= 4 is 17.5 Å². The van der Waals surface area contributed by atoms with Gasteiger partial charge in [0.25, 0.3) is 0 Å². The predicted molar refractivity (Wildman–Crippen MR) is 107 cm³/mol. The van der Waals surface area contributed by atoms with Crippen molar-refractivity contribution in [2.45, 2.75) is 69.9 Å². The Labute approximate surface area is 181 Å². The number of epoxide rings is 1. The highest BCUT2D eigenvalue weighted by Gasteiger charge is 2.83. The van der Waals surface area contributed by atoms with Crippen molar-refractivity contribution < 1.29 is 33.3 Å². The molecular formula is C24H28O7. The van der Waals surface area contributed by atoms with Gasteiger partial charge in [-0.3, -0.25) is 14.4 Å². The summed E-state index contributed by atoms with van der Waals surface area (Å²) in [6, 6.07) is 0. The molecule has 2 aliphatic heterocycles. The van der Waals surface area contributed by atoms with E-state index in [9.17, 15) is 14.4 Å². The van der Waals surface area contributed by atoms with E-state index in [0.717, 1.165) is 24.8 Å². The molecule has 0 aromatic rings. The average molecular weight is 428 g/mol. The molecule has 2 heterocycles. The van der Waals surface area contributed by atoms with E-state index in [1.807, 2.05) is 6.08 Å². The summed E-state index contributed by atoms with van der Waals surface area (Å²) in [7, 11) is 0. The van der Waals surface area contributed by atoms with Crippen molar-refractivity contribution in [1.29, 1.82) is 0 Å². The van der Waals surface area contributed by atoms with E-state index < -0.39 is 17.0 Å². The summed E-state index contributed by atoms with van der Waals surface area (Å²) in [6.07, 6.45) is 8.34. The zero-order valence-electron chi connectivity index (χ0n) is 18.1. The van der Waals surface area contributed by atoms with Crippen LogP contribution in [0.5, 0.6) is 0 Å². The van der Waals surface area contributed by atoms with E-state index in [2.05, 4.69) is 13.8 Å². The third-order valence-electron chi connectivity index (χ3n) is 9.47. The molecule has 7 heteroatoms. The van der Waals surface area contributed by atoms with Crippen LogP contribution in [-0.2, 0) is 33.3 Å². The summed E-state index contributed by atoms with van der Waals surface area (Å²) in [4.78, 5) is 36.8. The normalized spacial score (nSPS) is 51.1. The fraction of sp³-hybridized carbons (Fsp3) is 0.708. The van der Waals surface area contributed by atoms with E-state index in [4.69, 9.17) is 18.9 Å². The molecule has 0 bridgehead atoms. The molecular weight excluding hydrogens is 400 g/mol. The first kappa shape index (κ1) is 19.8. The maximum Gasteiger partial charge on any atom is 0.303 e. The molecule has 0 radical (unpaired) electrons. The molecule has 6 rings (SSSR count). The Morgan fingerprint density at radius 1 is 1.23 bits per heavy atom. The van der Waals surface area contributed by atoms with Crippen molar-refractivity contribution in [2.24, 2.45) is 22.7 Å². The van der Waals surface area contributed by atoms with Crippen molar-refractivity contribution in [3.63, 3.8) is 0 Å². The molecule has 3 saturated carbocycles. The van der Waals surface area contributed by atoms with Crippen LogP contribution in [0.2, 0.25) is 0 Å². The van der Waals surface area contributed by atoms with Crippen molar-refractivity contribution in [1.82, 2.24) is 0 Å². The van der Waals surface area contributed by atoms with E-state index in [1.165, 1.54) is 6.92 Å². The number of hydrogen-bond donors (Lipinski definition) is 0. The van der Waals surface area contributed by atoms with Crippen LogP contribution in [0.3, 0.4) is 0 Å². The number of fused-ring (bicyclic) bond motifs is 5. The molecule has 0 N–H and O–H groups in total. The van der Waals surface area contributed by atoms with Gasteiger partial charge in [-0.15, -0.1) is 0 Å². The summed E-state index contributed by atoms with van der Waals surface area (Å²) in [5.74, 6) is -0.220. The van der Waals surface area contributed by atoms with Gasteiger partial charge in [-0.2, -0.15) is 0 Å². The van der Waals surface area contributed by atoms with Gasteiger partial charge in [0, 0.05) is 17.8 Å². The first-order chi connectivity index (χ1) is 14.7. The lowest BCUT2D eigenvalue weighted by atomic mass is 9.47. The third kappa shape index (κ3) is 2.13. The second-order valence-corrected chi connectivity index (χ2v) is 10.5. The Hall–Kier alpha value is -1.83. The van der Waals surface area contributed by atoms with E-state index in [-0.39, 0.29) is 60.0 Å². The standard InChI is InChI=1S/C24H28O7/c1-13(25)28-11-18(27)24-19(29-12-30-24)9-17-16-5-4-14-8-15(26)6-7-21(14,2)23(16)20(31-23)10-22(17,24)3/h6-8,16-17,19-20H,4-5,9-12H2,1-3H3/t16-,17-,19+,20-,21-,22-,23+,24+/m0/s1. The van der Waals surface area contributed by atoms with Gasteiger partial charge < -0.3 is 18.9 Å². The van der Waals surface area contributed by atoms with Gasteiger partial charge in [-0.1, -0.05) is 18.6 Å². The lowest BCUT2D eigenvalue weighted by Crippen LogP contribution is -2.63. The van der Waals surface area contributed by atoms with Gasteiger partial charge in [-0.05, 0) is 56.6 Å². The molecule has 0 aromatic carbocycles. The summed E-state index contributed by atoms with van der Waals surface area (Å²) in [5, 5.41) is 0. The number of allylic oxidation sites excluding steroid dienone is 2. The van der Waals surface area contributed by atoms with Crippen molar-refractivity contribution in [3.8, 4) is 0 Å². The van der Waals surface area contributed by atoms with Crippen molar-refractivity contribution in [3.05, 3.63) is 23.8 Å². The predicted octanol–water partition coefficient (Wildman–Crippen LogP) is 2.28. The third-order valence-corrected chi connectivity index (χ3v) is 9.47. The Morgan fingerprint density at radius 2 is 2.03 bits per heavy atom. The molecule has 166 valence electrons. The SMILES string of the molecule is CC(=O)OCC(=O)[C@@]12OCO[C@@H]1C[C@H]1[C@@H]3CCC4=CC(=O)C=C[C@]4(C)[C@@]34O[C@H]4C[C@@]12C. The number of ether oxygens (including phenoxy) is 4. The number of rotatable bonds is 3. The van der Waals surface area contributed by atoms with E-state index in [1.54, 1.807) is 12.2 Å². The van der Waals surface area contributed by atoms with Gasteiger partial charge in [0.1, 0.15) is 12.4 Å².